The number of carbonyl (C=O) groups excluding carboxylic acids is 1. The SMILES string of the molecule is Cc1cc(OCC(=O)N[C@@H]2CCC[C@H](C)[C@H]2C)c2c3c(c(=O)oc2c1)CCCC3. The van der Waals surface area contributed by atoms with Gasteiger partial charge in [0.25, 0.3) is 5.91 Å². The van der Waals surface area contributed by atoms with Crippen molar-refractivity contribution in [2.24, 2.45) is 11.8 Å². The fourth-order valence-electron chi connectivity index (χ4n) is 4.96. The number of hydrogen-bond donors (Lipinski definition) is 1. The highest BCUT2D eigenvalue weighted by molar-refractivity contribution is 5.89. The van der Waals surface area contributed by atoms with Crippen LogP contribution in [0.5, 0.6) is 5.75 Å². The molecule has 0 radical (unpaired) electrons. The molecule has 0 aliphatic heterocycles. The van der Waals surface area contributed by atoms with Gasteiger partial charge in [0.1, 0.15) is 11.3 Å². The van der Waals surface area contributed by atoms with E-state index < -0.39 is 0 Å². The maximum Gasteiger partial charge on any atom is 0.339 e. The molecule has 0 spiro atoms. The Morgan fingerprint density at radius 3 is 2.69 bits per heavy atom. The number of aryl methyl sites for hydroxylation is 2. The van der Waals surface area contributed by atoms with Gasteiger partial charge >= 0.3 is 5.63 Å². The molecule has 5 heteroatoms. The molecule has 1 heterocycles. The molecule has 156 valence electrons. The molecule has 1 aromatic carbocycles. The van der Waals surface area contributed by atoms with Crippen LogP contribution in [0.4, 0.5) is 0 Å². The zero-order chi connectivity index (χ0) is 20.5. The lowest BCUT2D eigenvalue weighted by molar-refractivity contribution is -0.124. The van der Waals surface area contributed by atoms with Crippen LogP contribution in [0.1, 0.15) is 62.6 Å². The number of nitrogens with one attached hydrogen (secondary N) is 1. The molecule has 2 aliphatic carbocycles. The van der Waals surface area contributed by atoms with Crippen molar-refractivity contribution in [3.05, 3.63) is 39.2 Å². The summed E-state index contributed by atoms with van der Waals surface area (Å²) in [5.74, 6) is 1.66. The number of fused-ring (bicyclic) bond motifs is 3. The van der Waals surface area contributed by atoms with E-state index in [0.29, 0.717) is 23.2 Å². The zero-order valence-corrected chi connectivity index (χ0v) is 17.7. The molecule has 1 amide bonds. The minimum atomic E-state index is -0.234. The molecule has 1 saturated carbocycles. The lowest BCUT2D eigenvalue weighted by Crippen LogP contribution is -2.45. The lowest BCUT2D eigenvalue weighted by Gasteiger charge is -2.34. The Labute approximate surface area is 171 Å². The average Bonchev–Trinajstić information content (AvgIpc) is 2.69. The Hall–Kier alpha value is -2.30. The van der Waals surface area contributed by atoms with Gasteiger partial charge in [-0.05, 0) is 74.1 Å². The number of amides is 1. The molecule has 0 unspecified atom stereocenters. The van der Waals surface area contributed by atoms with Crippen molar-refractivity contribution in [1.82, 2.24) is 5.32 Å². The molecule has 3 atom stereocenters. The fourth-order valence-corrected chi connectivity index (χ4v) is 4.96. The Morgan fingerprint density at radius 2 is 1.90 bits per heavy atom. The predicted molar refractivity (Wildman–Crippen MR) is 113 cm³/mol. The lowest BCUT2D eigenvalue weighted by atomic mass is 9.78. The van der Waals surface area contributed by atoms with Crippen LogP contribution in [0.2, 0.25) is 0 Å². The van der Waals surface area contributed by atoms with E-state index in [2.05, 4.69) is 19.2 Å². The highest BCUT2D eigenvalue weighted by Crippen LogP contribution is 2.34. The summed E-state index contributed by atoms with van der Waals surface area (Å²) in [5.41, 5.74) is 3.07. The summed E-state index contributed by atoms with van der Waals surface area (Å²) in [5, 5.41) is 4.02. The van der Waals surface area contributed by atoms with Gasteiger partial charge in [0.15, 0.2) is 6.61 Å². The molecule has 2 aromatic rings. The number of benzene rings is 1. The van der Waals surface area contributed by atoms with Crippen molar-refractivity contribution in [3.8, 4) is 5.75 Å². The van der Waals surface area contributed by atoms with Gasteiger partial charge in [-0.15, -0.1) is 0 Å². The second-order valence-electron chi connectivity index (χ2n) is 8.92. The van der Waals surface area contributed by atoms with Gasteiger partial charge in [-0.1, -0.05) is 26.7 Å². The van der Waals surface area contributed by atoms with Crippen molar-refractivity contribution in [2.75, 3.05) is 6.61 Å². The van der Waals surface area contributed by atoms with Gasteiger partial charge in [0.05, 0.1) is 5.39 Å². The van der Waals surface area contributed by atoms with Crippen LogP contribution < -0.4 is 15.7 Å². The van der Waals surface area contributed by atoms with Gasteiger partial charge < -0.3 is 14.5 Å². The molecular weight excluding hydrogens is 366 g/mol. The third-order valence-corrected chi connectivity index (χ3v) is 6.84. The molecule has 4 rings (SSSR count). The molecule has 29 heavy (non-hydrogen) atoms. The Balaban J connectivity index is 1.56. The Morgan fingerprint density at radius 1 is 1.14 bits per heavy atom. The largest absolute Gasteiger partial charge is 0.483 e. The molecule has 5 nitrogen and oxygen atoms in total. The first-order chi connectivity index (χ1) is 13.9. The van der Waals surface area contributed by atoms with Crippen LogP contribution in [-0.4, -0.2) is 18.6 Å². The van der Waals surface area contributed by atoms with E-state index >= 15 is 0 Å². The third-order valence-electron chi connectivity index (χ3n) is 6.84. The van der Waals surface area contributed by atoms with Crippen molar-refractivity contribution in [1.29, 1.82) is 0 Å². The zero-order valence-electron chi connectivity index (χ0n) is 17.7. The summed E-state index contributed by atoms with van der Waals surface area (Å²) >= 11 is 0. The maximum absolute atomic E-state index is 12.6. The van der Waals surface area contributed by atoms with Gasteiger partial charge in [-0.2, -0.15) is 0 Å². The van der Waals surface area contributed by atoms with Crippen LogP contribution in [0, 0.1) is 18.8 Å². The normalized spacial score (nSPS) is 24.2. The van der Waals surface area contributed by atoms with Crippen LogP contribution in [-0.2, 0) is 17.6 Å². The van der Waals surface area contributed by atoms with E-state index in [9.17, 15) is 9.59 Å². The number of carbonyl (C=O) groups is 1. The van der Waals surface area contributed by atoms with E-state index in [1.165, 1.54) is 6.42 Å². The monoisotopic (exact) mass is 397 g/mol. The van der Waals surface area contributed by atoms with Crippen LogP contribution >= 0.6 is 0 Å². The van der Waals surface area contributed by atoms with Gasteiger partial charge in [0.2, 0.25) is 0 Å². The quantitative estimate of drug-likeness (QED) is 0.781. The van der Waals surface area contributed by atoms with Crippen LogP contribution in [0.3, 0.4) is 0 Å². The molecule has 1 fully saturated rings. The van der Waals surface area contributed by atoms with Gasteiger partial charge in [-0.25, -0.2) is 4.79 Å². The summed E-state index contributed by atoms with van der Waals surface area (Å²) in [4.78, 5) is 25.0. The molecule has 1 N–H and O–H groups in total. The minimum absolute atomic E-state index is 0.0238. The van der Waals surface area contributed by atoms with E-state index in [-0.39, 0.29) is 24.2 Å². The number of hydrogen-bond acceptors (Lipinski definition) is 4. The highest BCUT2D eigenvalue weighted by atomic mass is 16.5. The summed E-state index contributed by atoms with van der Waals surface area (Å²) in [7, 11) is 0. The molecule has 0 saturated heterocycles. The van der Waals surface area contributed by atoms with Crippen LogP contribution in [0.15, 0.2) is 21.3 Å². The maximum atomic E-state index is 12.6. The summed E-state index contributed by atoms with van der Waals surface area (Å²) in [6.07, 6.45) is 7.08. The first-order valence-electron chi connectivity index (χ1n) is 11.0. The van der Waals surface area contributed by atoms with Crippen molar-refractivity contribution < 1.29 is 13.9 Å². The van der Waals surface area contributed by atoms with Crippen molar-refractivity contribution in [3.63, 3.8) is 0 Å². The Kier molecular flexibility index (Phi) is 5.66. The standard InChI is InChI=1S/C24H31NO4/c1-14-11-20(28-13-22(26)25-19-10-6-7-15(2)16(19)3)23-17-8-4-5-9-18(17)24(27)29-21(23)12-14/h11-12,15-16,19H,4-10,13H2,1-3H3,(H,25,26)/t15-,16+,19+/m0/s1. The van der Waals surface area contributed by atoms with Gasteiger partial charge in [-0.3, -0.25) is 4.79 Å². The van der Waals surface area contributed by atoms with Crippen molar-refractivity contribution in [2.45, 2.75) is 71.8 Å². The minimum Gasteiger partial charge on any atom is -0.483 e. The number of ether oxygens (including phenoxy) is 1. The highest BCUT2D eigenvalue weighted by Gasteiger charge is 2.28. The van der Waals surface area contributed by atoms with E-state index in [1.807, 2.05) is 19.1 Å². The number of rotatable bonds is 4. The van der Waals surface area contributed by atoms with E-state index in [1.54, 1.807) is 0 Å². The second kappa shape index (κ2) is 8.21. The molecule has 1 aromatic heterocycles. The molecule has 2 aliphatic rings. The van der Waals surface area contributed by atoms with Gasteiger partial charge in [0, 0.05) is 11.6 Å². The predicted octanol–water partition coefficient (Wildman–Crippen LogP) is 4.30. The first-order valence-corrected chi connectivity index (χ1v) is 11.0. The summed E-state index contributed by atoms with van der Waals surface area (Å²) in [6, 6.07) is 4.04. The average molecular weight is 398 g/mol. The molecular formula is C24H31NO4. The molecule has 0 bridgehead atoms. The van der Waals surface area contributed by atoms with E-state index in [4.69, 9.17) is 9.15 Å². The third kappa shape index (κ3) is 4.05. The van der Waals surface area contributed by atoms with Crippen LogP contribution in [0.25, 0.3) is 11.0 Å². The summed E-state index contributed by atoms with van der Waals surface area (Å²) in [6.45, 7) is 6.40. The Bertz CT molecular complexity index is 977. The van der Waals surface area contributed by atoms with Crippen molar-refractivity contribution >= 4 is 16.9 Å². The fraction of sp³-hybridized carbons (Fsp3) is 0.583. The smallest absolute Gasteiger partial charge is 0.339 e. The van der Waals surface area contributed by atoms with E-state index in [0.717, 1.165) is 60.6 Å². The topological polar surface area (TPSA) is 68.5 Å². The first kappa shape index (κ1) is 20.0. The summed E-state index contributed by atoms with van der Waals surface area (Å²) < 4.78 is 11.6. The second-order valence-corrected chi connectivity index (χ2v) is 8.92.